The van der Waals surface area contributed by atoms with Gasteiger partial charge >= 0.3 is 0 Å². The van der Waals surface area contributed by atoms with E-state index in [2.05, 4.69) is 30.6 Å². The summed E-state index contributed by atoms with van der Waals surface area (Å²) >= 11 is 0. The van der Waals surface area contributed by atoms with Gasteiger partial charge in [-0.2, -0.15) is 10.2 Å². The van der Waals surface area contributed by atoms with E-state index >= 15 is 0 Å². The molecule has 0 aliphatic rings. The van der Waals surface area contributed by atoms with Crippen molar-refractivity contribution in [3.63, 3.8) is 0 Å². The van der Waals surface area contributed by atoms with Gasteiger partial charge in [-0.05, 0) is 13.8 Å². The molecule has 2 aromatic heterocycles. The van der Waals surface area contributed by atoms with Crippen LogP contribution in [0.15, 0.2) is 6.33 Å². The highest BCUT2D eigenvalue weighted by molar-refractivity contribution is 5.24. The first-order chi connectivity index (χ1) is 8.15. The molecule has 0 radical (unpaired) electrons. The molecule has 2 heterocycles. The third-order valence-electron chi connectivity index (χ3n) is 2.37. The van der Waals surface area contributed by atoms with Crippen molar-refractivity contribution in [1.29, 1.82) is 0 Å². The summed E-state index contributed by atoms with van der Waals surface area (Å²) in [6.45, 7) is 4.49. The molecule has 7 heteroatoms. The molecule has 0 aliphatic carbocycles. The monoisotopic (exact) mass is 233 g/mol. The quantitative estimate of drug-likeness (QED) is 0.816. The van der Waals surface area contributed by atoms with E-state index in [4.69, 9.17) is 0 Å². The second-order valence-corrected chi connectivity index (χ2v) is 3.82. The number of aromatic nitrogens is 6. The maximum Gasteiger partial charge on any atom is 0.242 e. The summed E-state index contributed by atoms with van der Waals surface area (Å²) in [6, 6.07) is 0. The van der Waals surface area contributed by atoms with E-state index in [0.29, 0.717) is 12.5 Å². The molecule has 0 saturated carbocycles. The predicted octanol–water partition coefficient (Wildman–Crippen LogP) is 0.272. The Labute approximate surface area is 99.3 Å². The Bertz CT molecular complexity index is 505. The fraction of sp³-hybridized carbons (Fsp3) is 0.500. The number of rotatable bonds is 4. The second-order valence-electron chi connectivity index (χ2n) is 3.82. The summed E-state index contributed by atoms with van der Waals surface area (Å²) in [5.41, 5.74) is 1.74. The van der Waals surface area contributed by atoms with E-state index in [1.54, 1.807) is 11.0 Å². The molecule has 0 saturated heterocycles. The van der Waals surface area contributed by atoms with E-state index in [-0.39, 0.29) is 0 Å². The lowest BCUT2D eigenvalue weighted by atomic mass is 10.4. The number of hydrogen-bond acceptors (Lipinski definition) is 6. The average Bonchev–Trinajstić information content (AvgIpc) is 2.70. The molecular formula is C10H15N7. The second kappa shape index (κ2) is 4.86. The summed E-state index contributed by atoms with van der Waals surface area (Å²) in [6.07, 6.45) is 2.42. The first kappa shape index (κ1) is 11.4. The normalized spacial score (nSPS) is 10.5. The molecule has 0 unspecified atom stereocenters. The summed E-state index contributed by atoms with van der Waals surface area (Å²) in [4.78, 5) is 8.41. The van der Waals surface area contributed by atoms with Gasteiger partial charge in [0.15, 0.2) is 5.82 Å². The maximum absolute atomic E-state index is 4.28. The molecule has 0 atom stereocenters. The number of anilines is 1. The van der Waals surface area contributed by atoms with Crippen molar-refractivity contribution in [1.82, 2.24) is 29.9 Å². The minimum atomic E-state index is 0.545. The Morgan fingerprint density at radius 2 is 2.06 bits per heavy atom. The van der Waals surface area contributed by atoms with Crippen molar-refractivity contribution >= 4 is 5.95 Å². The van der Waals surface area contributed by atoms with Gasteiger partial charge in [-0.3, -0.25) is 4.68 Å². The van der Waals surface area contributed by atoms with Gasteiger partial charge in [0.05, 0.1) is 11.4 Å². The van der Waals surface area contributed by atoms with Crippen LogP contribution in [0.25, 0.3) is 0 Å². The molecule has 2 rings (SSSR count). The maximum atomic E-state index is 4.28. The van der Waals surface area contributed by atoms with Gasteiger partial charge in [-0.15, -0.1) is 5.10 Å². The molecule has 17 heavy (non-hydrogen) atoms. The molecule has 1 N–H and O–H groups in total. The molecule has 0 amide bonds. The molecule has 0 fully saturated rings. The SMILES string of the molecule is Cc1nnc(NCCc2ncn(C)n2)nc1C. The van der Waals surface area contributed by atoms with Crippen LogP contribution in [0.1, 0.15) is 17.2 Å². The largest absolute Gasteiger partial charge is 0.352 e. The molecule has 0 spiro atoms. The zero-order valence-corrected chi connectivity index (χ0v) is 10.2. The van der Waals surface area contributed by atoms with Crippen LogP contribution in [0, 0.1) is 13.8 Å². The van der Waals surface area contributed by atoms with Crippen molar-refractivity contribution in [2.75, 3.05) is 11.9 Å². The van der Waals surface area contributed by atoms with Crippen LogP contribution in [0.5, 0.6) is 0 Å². The fourth-order valence-electron chi connectivity index (χ4n) is 1.32. The Morgan fingerprint density at radius 3 is 2.71 bits per heavy atom. The Hall–Kier alpha value is -2.05. The van der Waals surface area contributed by atoms with Gasteiger partial charge in [0.1, 0.15) is 6.33 Å². The summed E-state index contributed by atoms with van der Waals surface area (Å²) in [5.74, 6) is 1.35. The lowest BCUT2D eigenvalue weighted by molar-refractivity contribution is 0.740. The van der Waals surface area contributed by atoms with Crippen molar-refractivity contribution in [3.05, 3.63) is 23.5 Å². The Balaban J connectivity index is 1.87. The molecule has 90 valence electrons. The van der Waals surface area contributed by atoms with E-state index in [9.17, 15) is 0 Å². The molecule has 7 nitrogen and oxygen atoms in total. The van der Waals surface area contributed by atoms with Crippen LogP contribution >= 0.6 is 0 Å². The lowest BCUT2D eigenvalue weighted by Gasteiger charge is -2.03. The van der Waals surface area contributed by atoms with Gasteiger partial charge in [-0.25, -0.2) is 9.97 Å². The van der Waals surface area contributed by atoms with Gasteiger partial charge in [0.25, 0.3) is 0 Å². The summed E-state index contributed by atoms with van der Waals surface area (Å²) in [5, 5.41) is 15.2. The minimum absolute atomic E-state index is 0.545. The van der Waals surface area contributed by atoms with Gasteiger partial charge in [0, 0.05) is 20.0 Å². The van der Waals surface area contributed by atoms with Crippen LogP contribution in [0.3, 0.4) is 0 Å². The summed E-state index contributed by atoms with van der Waals surface area (Å²) in [7, 11) is 1.85. The van der Waals surface area contributed by atoms with E-state index in [0.717, 1.165) is 23.6 Å². The van der Waals surface area contributed by atoms with Crippen LogP contribution in [-0.2, 0) is 13.5 Å². The van der Waals surface area contributed by atoms with Crippen LogP contribution in [0.2, 0.25) is 0 Å². The zero-order valence-electron chi connectivity index (χ0n) is 10.2. The Kier molecular flexibility index (Phi) is 3.27. The summed E-state index contributed by atoms with van der Waals surface area (Å²) < 4.78 is 1.68. The third-order valence-corrected chi connectivity index (χ3v) is 2.37. The minimum Gasteiger partial charge on any atom is -0.352 e. The first-order valence-electron chi connectivity index (χ1n) is 5.41. The number of nitrogens with zero attached hydrogens (tertiary/aromatic N) is 6. The molecular weight excluding hydrogens is 218 g/mol. The fourth-order valence-corrected chi connectivity index (χ4v) is 1.32. The van der Waals surface area contributed by atoms with Crippen molar-refractivity contribution in [3.8, 4) is 0 Å². The predicted molar refractivity (Wildman–Crippen MR) is 62.5 cm³/mol. The number of nitrogens with one attached hydrogen (secondary N) is 1. The van der Waals surface area contributed by atoms with Gasteiger partial charge in [-0.1, -0.05) is 0 Å². The lowest BCUT2D eigenvalue weighted by Crippen LogP contribution is -2.11. The van der Waals surface area contributed by atoms with E-state index in [1.807, 2.05) is 20.9 Å². The highest BCUT2D eigenvalue weighted by Gasteiger charge is 2.02. The van der Waals surface area contributed by atoms with Crippen molar-refractivity contribution < 1.29 is 0 Å². The molecule has 2 aromatic rings. The van der Waals surface area contributed by atoms with Gasteiger partial charge in [0.2, 0.25) is 5.95 Å². The van der Waals surface area contributed by atoms with Crippen LogP contribution in [-0.4, -0.2) is 36.5 Å². The highest BCUT2D eigenvalue weighted by atomic mass is 15.3. The number of hydrogen-bond donors (Lipinski definition) is 1. The zero-order chi connectivity index (χ0) is 12.3. The van der Waals surface area contributed by atoms with Crippen LogP contribution in [0.4, 0.5) is 5.95 Å². The van der Waals surface area contributed by atoms with Gasteiger partial charge < -0.3 is 5.32 Å². The smallest absolute Gasteiger partial charge is 0.242 e. The third kappa shape index (κ3) is 2.96. The Morgan fingerprint density at radius 1 is 1.24 bits per heavy atom. The van der Waals surface area contributed by atoms with Crippen molar-refractivity contribution in [2.24, 2.45) is 7.05 Å². The standard InChI is InChI=1S/C10H15N7/c1-7-8(2)14-15-10(13-7)11-5-4-9-12-6-17(3)16-9/h6H,4-5H2,1-3H3,(H,11,13,15). The molecule has 0 aliphatic heterocycles. The van der Waals surface area contributed by atoms with E-state index < -0.39 is 0 Å². The first-order valence-corrected chi connectivity index (χ1v) is 5.41. The highest BCUT2D eigenvalue weighted by Crippen LogP contribution is 2.01. The van der Waals surface area contributed by atoms with Crippen molar-refractivity contribution in [2.45, 2.75) is 20.3 Å². The van der Waals surface area contributed by atoms with Crippen LogP contribution < -0.4 is 5.32 Å². The average molecular weight is 233 g/mol. The number of aryl methyl sites for hydroxylation is 3. The molecule has 0 bridgehead atoms. The van der Waals surface area contributed by atoms with E-state index in [1.165, 1.54) is 0 Å². The molecule has 0 aromatic carbocycles. The topological polar surface area (TPSA) is 81.4 Å².